The summed E-state index contributed by atoms with van der Waals surface area (Å²) in [6.45, 7) is 2.13. The normalized spacial score (nSPS) is 26.7. The molecule has 0 spiro atoms. The Morgan fingerprint density at radius 2 is 2.29 bits per heavy atom. The van der Waals surface area contributed by atoms with Crippen molar-refractivity contribution in [2.45, 2.75) is 32.0 Å². The molecule has 1 aromatic carbocycles. The lowest BCUT2D eigenvalue weighted by atomic mass is 10.0. The molecule has 0 radical (unpaired) electrons. The van der Waals surface area contributed by atoms with E-state index in [-0.39, 0.29) is 0 Å². The summed E-state index contributed by atoms with van der Waals surface area (Å²) < 4.78 is 7.06. The third kappa shape index (κ3) is 2.28. The molecule has 0 amide bonds. The summed E-state index contributed by atoms with van der Waals surface area (Å²) in [4.78, 5) is 0. The molecule has 0 aliphatic carbocycles. The van der Waals surface area contributed by atoms with Crippen molar-refractivity contribution in [3.63, 3.8) is 0 Å². The van der Waals surface area contributed by atoms with Crippen LogP contribution in [-0.4, -0.2) is 10.5 Å². The Bertz CT molecular complexity index is 311. The van der Waals surface area contributed by atoms with Crippen molar-refractivity contribution in [3.8, 4) is 0 Å². The maximum atomic E-state index is 5.94. The first-order valence-electron chi connectivity index (χ1n) is 5.07. The Labute approximate surface area is 99.0 Å². The summed E-state index contributed by atoms with van der Waals surface area (Å²) in [7, 11) is 0. The molecule has 1 nitrogen and oxygen atoms in total. The third-order valence-corrected chi connectivity index (χ3v) is 3.68. The average Bonchev–Trinajstić information content (AvgIpc) is 2.66. The molecule has 1 fully saturated rings. The molecule has 1 aliphatic heterocycles. The van der Waals surface area contributed by atoms with Crippen molar-refractivity contribution in [1.82, 2.24) is 0 Å². The maximum Gasteiger partial charge on any atom is 0.0830 e. The second kappa shape index (κ2) is 4.62. The molecule has 2 heteroatoms. The summed E-state index contributed by atoms with van der Waals surface area (Å²) >= 11 is 2.40. The van der Waals surface area contributed by atoms with E-state index in [2.05, 4.69) is 53.8 Å². The molecule has 14 heavy (non-hydrogen) atoms. The van der Waals surface area contributed by atoms with E-state index in [1.54, 1.807) is 0 Å². The van der Waals surface area contributed by atoms with Gasteiger partial charge in [-0.3, -0.25) is 0 Å². The van der Waals surface area contributed by atoms with Crippen molar-refractivity contribution >= 4 is 22.6 Å². The number of aryl methyl sites for hydroxylation is 1. The summed E-state index contributed by atoms with van der Waals surface area (Å²) in [6.07, 6.45) is 3.20. The predicted octanol–water partition coefficient (Wildman–Crippen LogP) is 3.65. The van der Waals surface area contributed by atoms with Gasteiger partial charge in [-0.2, -0.15) is 0 Å². The molecule has 1 aliphatic rings. The van der Waals surface area contributed by atoms with E-state index in [0.29, 0.717) is 12.2 Å². The molecule has 1 saturated heterocycles. The van der Waals surface area contributed by atoms with Crippen molar-refractivity contribution in [2.24, 2.45) is 0 Å². The zero-order valence-electron chi connectivity index (χ0n) is 8.37. The van der Waals surface area contributed by atoms with E-state index >= 15 is 0 Å². The Balaban J connectivity index is 2.09. The quantitative estimate of drug-likeness (QED) is 0.598. The van der Waals surface area contributed by atoms with Crippen molar-refractivity contribution < 1.29 is 4.74 Å². The summed E-state index contributed by atoms with van der Waals surface area (Å²) in [5.41, 5.74) is 2.67. The van der Waals surface area contributed by atoms with Gasteiger partial charge in [0.1, 0.15) is 0 Å². The van der Waals surface area contributed by atoms with Crippen LogP contribution in [0.25, 0.3) is 0 Å². The minimum atomic E-state index is 0.342. The van der Waals surface area contributed by atoms with Gasteiger partial charge in [-0.15, -0.1) is 0 Å². The lowest BCUT2D eigenvalue weighted by Crippen LogP contribution is -2.07. The number of alkyl halides is 1. The van der Waals surface area contributed by atoms with Crippen LogP contribution in [0.2, 0.25) is 0 Å². The highest BCUT2D eigenvalue weighted by atomic mass is 127. The number of hydrogen-bond donors (Lipinski definition) is 0. The van der Waals surface area contributed by atoms with Gasteiger partial charge >= 0.3 is 0 Å². The van der Waals surface area contributed by atoms with Gasteiger partial charge in [-0.1, -0.05) is 52.4 Å². The highest BCUT2D eigenvalue weighted by Gasteiger charge is 2.25. The number of benzene rings is 1. The van der Waals surface area contributed by atoms with Crippen LogP contribution in [-0.2, 0) is 4.74 Å². The molecule has 76 valence electrons. The van der Waals surface area contributed by atoms with E-state index in [4.69, 9.17) is 4.74 Å². The van der Waals surface area contributed by atoms with Crippen LogP contribution in [0.15, 0.2) is 24.3 Å². The molecule has 0 aromatic heterocycles. The van der Waals surface area contributed by atoms with Gasteiger partial charge in [0.05, 0.1) is 12.2 Å². The van der Waals surface area contributed by atoms with E-state index in [1.165, 1.54) is 24.0 Å². The van der Waals surface area contributed by atoms with E-state index in [9.17, 15) is 0 Å². The number of halogens is 1. The molecule has 0 bridgehead atoms. The van der Waals surface area contributed by atoms with Gasteiger partial charge in [0.25, 0.3) is 0 Å². The Kier molecular flexibility index (Phi) is 3.44. The molecule has 2 unspecified atom stereocenters. The van der Waals surface area contributed by atoms with Crippen LogP contribution in [0.3, 0.4) is 0 Å². The first-order chi connectivity index (χ1) is 6.79. The standard InChI is InChI=1S/C12H15IO/c1-9-3-2-4-10(7-9)12-6-5-11(8-13)14-12/h2-4,7,11-12H,5-6,8H2,1H3. The average molecular weight is 302 g/mol. The molecule has 1 aromatic rings. The molecule has 0 N–H and O–H groups in total. The molecule has 1 heterocycles. The van der Waals surface area contributed by atoms with Gasteiger partial charge in [0, 0.05) is 4.43 Å². The Morgan fingerprint density at radius 1 is 1.43 bits per heavy atom. The highest BCUT2D eigenvalue weighted by molar-refractivity contribution is 14.1. The van der Waals surface area contributed by atoms with Crippen molar-refractivity contribution in [3.05, 3.63) is 35.4 Å². The maximum absolute atomic E-state index is 5.94. The van der Waals surface area contributed by atoms with E-state index in [1.807, 2.05) is 0 Å². The Hall–Kier alpha value is -0.0900. The molecular formula is C12H15IO. The van der Waals surface area contributed by atoms with Crippen LogP contribution >= 0.6 is 22.6 Å². The summed E-state index contributed by atoms with van der Waals surface area (Å²) in [5, 5.41) is 0. The zero-order valence-corrected chi connectivity index (χ0v) is 10.5. The first kappa shape index (κ1) is 10.4. The topological polar surface area (TPSA) is 9.23 Å². The largest absolute Gasteiger partial charge is 0.370 e. The van der Waals surface area contributed by atoms with Gasteiger partial charge in [0.15, 0.2) is 0 Å². The SMILES string of the molecule is Cc1cccc(C2CCC(CI)O2)c1. The van der Waals surface area contributed by atoms with Gasteiger partial charge in [-0.05, 0) is 25.3 Å². The highest BCUT2D eigenvalue weighted by Crippen LogP contribution is 2.33. The first-order valence-corrected chi connectivity index (χ1v) is 6.60. The fraction of sp³-hybridized carbons (Fsp3) is 0.500. The van der Waals surface area contributed by atoms with Crippen LogP contribution in [0, 0.1) is 6.92 Å². The summed E-state index contributed by atoms with van der Waals surface area (Å²) in [6, 6.07) is 8.66. The predicted molar refractivity (Wildman–Crippen MR) is 66.9 cm³/mol. The lowest BCUT2D eigenvalue weighted by Gasteiger charge is -2.12. The fourth-order valence-corrected chi connectivity index (χ4v) is 2.58. The smallest absolute Gasteiger partial charge is 0.0830 e. The minimum absolute atomic E-state index is 0.342. The second-order valence-corrected chi connectivity index (χ2v) is 4.77. The molecule has 0 saturated carbocycles. The zero-order chi connectivity index (χ0) is 9.97. The number of ether oxygens (including phenoxy) is 1. The van der Waals surface area contributed by atoms with Gasteiger partial charge in [0.2, 0.25) is 0 Å². The Morgan fingerprint density at radius 3 is 2.93 bits per heavy atom. The van der Waals surface area contributed by atoms with Gasteiger partial charge < -0.3 is 4.74 Å². The molecular weight excluding hydrogens is 287 g/mol. The second-order valence-electron chi connectivity index (χ2n) is 3.89. The van der Waals surface area contributed by atoms with E-state index in [0.717, 1.165) is 4.43 Å². The summed E-state index contributed by atoms with van der Waals surface area (Å²) in [5.74, 6) is 0. The van der Waals surface area contributed by atoms with Crippen LogP contribution in [0.5, 0.6) is 0 Å². The number of hydrogen-bond acceptors (Lipinski definition) is 1. The molecule has 2 rings (SSSR count). The van der Waals surface area contributed by atoms with Crippen LogP contribution in [0.1, 0.15) is 30.1 Å². The van der Waals surface area contributed by atoms with Crippen molar-refractivity contribution in [2.75, 3.05) is 4.43 Å². The van der Waals surface area contributed by atoms with E-state index < -0.39 is 0 Å². The van der Waals surface area contributed by atoms with Crippen LogP contribution < -0.4 is 0 Å². The fourth-order valence-electron chi connectivity index (χ4n) is 1.93. The minimum Gasteiger partial charge on any atom is -0.370 e. The van der Waals surface area contributed by atoms with Crippen LogP contribution in [0.4, 0.5) is 0 Å². The monoisotopic (exact) mass is 302 g/mol. The number of rotatable bonds is 2. The third-order valence-electron chi connectivity index (χ3n) is 2.69. The lowest BCUT2D eigenvalue weighted by molar-refractivity contribution is 0.0597. The van der Waals surface area contributed by atoms with Gasteiger partial charge in [-0.25, -0.2) is 0 Å². The van der Waals surface area contributed by atoms with Crippen molar-refractivity contribution in [1.29, 1.82) is 0 Å². The molecule has 2 atom stereocenters.